The molecular formula is C42H26N4. The van der Waals surface area contributed by atoms with Crippen LogP contribution in [0.3, 0.4) is 0 Å². The van der Waals surface area contributed by atoms with E-state index in [4.69, 9.17) is 4.98 Å². The van der Waals surface area contributed by atoms with Gasteiger partial charge in [-0.05, 0) is 70.4 Å². The minimum atomic E-state index is 0.895. The predicted molar refractivity (Wildman–Crippen MR) is 191 cm³/mol. The number of nitrogens with zero attached hydrogens (tertiary/aromatic N) is 4. The van der Waals surface area contributed by atoms with Crippen molar-refractivity contribution in [1.29, 1.82) is 0 Å². The first-order chi connectivity index (χ1) is 22.8. The molecule has 0 saturated heterocycles. The summed E-state index contributed by atoms with van der Waals surface area (Å²) in [7, 11) is 0. The van der Waals surface area contributed by atoms with Crippen molar-refractivity contribution in [3.8, 4) is 22.6 Å². The van der Waals surface area contributed by atoms with Crippen molar-refractivity contribution in [2.45, 2.75) is 0 Å². The van der Waals surface area contributed by atoms with Crippen LogP contribution in [0.25, 0.3) is 87.9 Å². The van der Waals surface area contributed by atoms with E-state index in [0.29, 0.717) is 0 Å². The van der Waals surface area contributed by atoms with Crippen molar-refractivity contribution in [2.24, 2.45) is 0 Å². The van der Waals surface area contributed by atoms with E-state index in [1.807, 2.05) is 0 Å². The van der Waals surface area contributed by atoms with Gasteiger partial charge in [0.05, 0.1) is 33.0 Å². The van der Waals surface area contributed by atoms with Crippen molar-refractivity contribution in [3.63, 3.8) is 0 Å². The number of fused-ring (bicyclic) bond motifs is 9. The number of aromatic nitrogens is 4. The van der Waals surface area contributed by atoms with Gasteiger partial charge in [0.15, 0.2) is 0 Å². The molecule has 214 valence electrons. The Morgan fingerprint density at radius 3 is 1.87 bits per heavy atom. The summed E-state index contributed by atoms with van der Waals surface area (Å²) in [6.07, 6.45) is 1.69. The first kappa shape index (κ1) is 25.1. The minimum absolute atomic E-state index is 0.895. The summed E-state index contributed by atoms with van der Waals surface area (Å²) in [6, 6.07) is 54.4. The van der Waals surface area contributed by atoms with Crippen LogP contribution >= 0.6 is 0 Å². The lowest BCUT2D eigenvalue weighted by Gasteiger charge is -2.12. The van der Waals surface area contributed by atoms with Crippen LogP contribution in [0.4, 0.5) is 0 Å². The zero-order chi connectivity index (χ0) is 30.2. The summed E-state index contributed by atoms with van der Waals surface area (Å²) in [6.45, 7) is 0. The van der Waals surface area contributed by atoms with E-state index in [1.165, 1.54) is 49.1 Å². The smallest absolute Gasteiger partial charge is 0.149 e. The molecule has 0 aliphatic heterocycles. The average Bonchev–Trinajstić information content (AvgIpc) is 3.64. The number of rotatable bonds is 3. The maximum Gasteiger partial charge on any atom is 0.149 e. The van der Waals surface area contributed by atoms with Crippen LogP contribution in [-0.2, 0) is 0 Å². The summed E-state index contributed by atoms with van der Waals surface area (Å²) in [5.74, 6) is 0.895. The highest BCUT2D eigenvalue weighted by Gasteiger charge is 2.18. The van der Waals surface area contributed by atoms with Crippen LogP contribution in [0.15, 0.2) is 158 Å². The second-order valence-corrected chi connectivity index (χ2v) is 11.9. The maximum atomic E-state index is 4.96. The van der Waals surface area contributed by atoms with Gasteiger partial charge < -0.3 is 4.57 Å². The quantitative estimate of drug-likeness (QED) is 0.193. The molecular weight excluding hydrogens is 560 g/mol. The summed E-state index contributed by atoms with van der Waals surface area (Å²) in [5, 5.41) is 8.28. The molecule has 7 aromatic carbocycles. The largest absolute Gasteiger partial charge is 0.309 e. The molecule has 0 radical (unpaired) electrons. The lowest BCUT2D eigenvalue weighted by molar-refractivity contribution is 1.07. The molecule has 0 spiro atoms. The van der Waals surface area contributed by atoms with Crippen molar-refractivity contribution >= 4 is 65.3 Å². The van der Waals surface area contributed by atoms with Gasteiger partial charge in [-0.3, -0.25) is 4.57 Å². The zero-order valence-corrected chi connectivity index (χ0v) is 24.8. The molecule has 4 nitrogen and oxygen atoms in total. The molecule has 0 amide bonds. The Hall–Kier alpha value is -6.26. The van der Waals surface area contributed by atoms with Crippen molar-refractivity contribution < 1.29 is 0 Å². The van der Waals surface area contributed by atoms with Crippen molar-refractivity contribution in [3.05, 3.63) is 158 Å². The monoisotopic (exact) mass is 586 g/mol. The first-order valence-electron chi connectivity index (χ1n) is 15.6. The molecule has 0 unspecified atom stereocenters. The highest BCUT2D eigenvalue weighted by molar-refractivity contribution is 6.15. The summed E-state index contributed by atoms with van der Waals surface area (Å²) < 4.78 is 4.69. The maximum absolute atomic E-state index is 4.96. The van der Waals surface area contributed by atoms with Crippen LogP contribution < -0.4 is 0 Å². The van der Waals surface area contributed by atoms with Gasteiger partial charge in [-0.25, -0.2) is 9.97 Å². The molecule has 0 aliphatic carbocycles. The highest BCUT2D eigenvalue weighted by atomic mass is 15.1. The van der Waals surface area contributed by atoms with Gasteiger partial charge in [0, 0.05) is 27.2 Å². The number of hydrogen-bond donors (Lipinski definition) is 0. The minimum Gasteiger partial charge on any atom is -0.309 e. The van der Waals surface area contributed by atoms with Gasteiger partial charge in [0.2, 0.25) is 0 Å². The van der Waals surface area contributed by atoms with Gasteiger partial charge in [-0.1, -0.05) is 103 Å². The van der Waals surface area contributed by atoms with Crippen LogP contribution in [0.5, 0.6) is 0 Å². The van der Waals surface area contributed by atoms with E-state index in [2.05, 4.69) is 166 Å². The molecule has 0 atom stereocenters. The third-order valence-electron chi connectivity index (χ3n) is 9.41. The van der Waals surface area contributed by atoms with E-state index in [1.54, 1.807) is 6.33 Å². The number of benzene rings is 7. The number of para-hydroxylation sites is 3. The molecule has 0 N–H and O–H groups in total. The molecule has 0 bridgehead atoms. The Kier molecular flexibility index (Phi) is 5.25. The van der Waals surface area contributed by atoms with E-state index < -0.39 is 0 Å². The van der Waals surface area contributed by atoms with Gasteiger partial charge in [0.1, 0.15) is 12.1 Å². The summed E-state index contributed by atoms with van der Waals surface area (Å²) in [4.78, 5) is 9.64. The molecule has 4 heteroatoms. The van der Waals surface area contributed by atoms with Crippen LogP contribution in [0.1, 0.15) is 0 Å². The van der Waals surface area contributed by atoms with Crippen molar-refractivity contribution in [1.82, 2.24) is 19.1 Å². The third-order valence-corrected chi connectivity index (χ3v) is 9.41. The molecule has 10 rings (SSSR count). The molecule has 0 fully saturated rings. The lowest BCUT2D eigenvalue weighted by Crippen LogP contribution is -2.00. The Morgan fingerprint density at radius 2 is 1.02 bits per heavy atom. The predicted octanol–water partition coefficient (Wildman–Crippen LogP) is 10.6. The molecule has 0 aliphatic rings. The second-order valence-electron chi connectivity index (χ2n) is 11.9. The SMILES string of the molecule is c1ccc(-n2c3ccccc3c3cc(-c4ccc5c6ccccc6n(-c6ncnc7ccc8ccccc8c67)c5c4)ccc32)cc1. The average molecular weight is 587 g/mol. The zero-order valence-electron chi connectivity index (χ0n) is 24.8. The fourth-order valence-electron chi connectivity index (χ4n) is 7.37. The summed E-state index contributed by atoms with van der Waals surface area (Å²) in [5.41, 5.74) is 9.11. The van der Waals surface area contributed by atoms with Gasteiger partial charge in [-0.2, -0.15) is 0 Å². The summed E-state index contributed by atoms with van der Waals surface area (Å²) >= 11 is 0. The lowest BCUT2D eigenvalue weighted by atomic mass is 10.0. The normalized spacial score (nSPS) is 11.9. The van der Waals surface area contributed by atoms with E-state index >= 15 is 0 Å². The highest BCUT2D eigenvalue weighted by Crippen LogP contribution is 2.39. The Labute approximate surface area is 264 Å². The molecule has 10 aromatic rings. The van der Waals surface area contributed by atoms with Crippen LogP contribution in [-0.4, -0.2) is 19.1 Å². The molecule has 3 heterocycles. The fraction of sp³-hybridized carbons (Fsp3) is 0. The van der Waals surface area contributed by atoms with E-state index in [0.717, 1.165) is 38.8 Å². The first-order valence-corrected chi connectivity index (χ1v) is 15.6. The fourth-order valence-corrected chi connectivity index (χ4v) is 7.37. The number of hydrogen-bond acceptors (Lipinski definition) is 2. The van der Waals surface area contributed by atoms with E-state index in [-0.39, 0.29) is 0 Å². The Morgan fingerprint density at radius 1 is 0.391 bits per heavy atom. The van der Waals surface area contributed by atoms with Gasteiger partial charge in [0.25, 0.3) is 0 Å². The molecule has 0 saturated carbocycles. The van der Waals surface area contributed by atoms with Gasteiger partial charge >= 0.3 is 0 Å². The Bertz CT molecular complexity index is 2810. The molecule has 3 aromatic heterocycles. The third kappa shape index (κ3) is 3.55. The van der Waals surface area contributed by atoms with Crippen molar-refractivity contribution in [2.75, 3.05) is 0 Å². The second kappa shape index (κ2) is 9.62. The van der Waals surface area contributed by atoms with E-state index in [9.17, 15) is 0 Å². The topological polar surface area (TPSA) is 35.6 Å². The Balaban J connectivity index is 1.25. The molecule has 46 heavy (non-hydrogen) atoms. The van der Waals surface area contributed by atoms with Crippen LogP contribution in [0.2, 0.25) is 0 Å². The van der Waals surface area contributed by atoms with Crippen LogP contribution in [0, 0.1) is 0 Å². The van der Waals surface area contributed by atoms with Gasteiger partial charge in [-0.15, -0.1) is 0 Å². The standard InChI is InChI=1S/C42H26N4/c1-2-11-30(12-3-1)45-37-16-8-7-15-33(37)35-24-28(20-23-39(35)45)29-18-21-34-32-14-6-9-17-38(32)46(40(34)25-29)42-41-31-13-5-4-10-27(31)19-22-36(41)43-26-44-42/h1-26H.